The summed E-state index contributed by atoms with van der Waals surface area (Å²) in [5.41, 5.74) is 5.55. The molecule has 1 aromatic heterocycles. The Morgan fingerprint density at radius 2 is 1.85 bits per heavy atom. The van der Waals surface area contributed by atoms with E-state index in [1.807, 2.05) is 47.4 Å². The maximum atomic E-state index is 11.9. The second kappa shape index (κ2) is 6.96. The van der Waals surface area contributed by atoms with E-state index < -0.39 is 0 Å². The SMILES string of the molecule is CC(=O)N1CCc2c(c(-c3ccc(Cl)cc3)nn2Cc2ccccc2)C1. The van der Waals surface area contributed by atoms with Gasteiger partial charge >= 0.3 is 0 Å². The lowest BCUT2D eigenvalue weighted by Crippen LogP contribution is -2.34. The van der Waals surface area contributed by atoms with Gasteiger partial charge in [0.25, 0.3) is 0 Å². The van der Waals surface area contributed by atoms with E-state index in [4.69, 9.17) is 16.7 Å². The average molecular weight is 366 g/mol. The van der Waals surface area contributed by atoms with Crippen molar-refractivity contribution in [3.63, 3.8) is 0 Å². The van der Waals surface area contributed by atoms with Crippen molar-refractivity contribution in [1.82, 2.24) is 14.7 Å². The van der Waals surface area contributed by atoms with Gasteiger partial charge in [-0.2, -0.15) is 5.10 Å². The smallest absolute Gasteiger partial charge is 0.219 e. The number of hydrogen-bond donors (Lipinski definition) is 0. The van der Waals surface area contributed by atoms with Crippen LogP contribution in [0, 0.1) is 0 Å². The lowest BCUT2D eigenvalue weighted by Gasteiger charge is -2.27. The van der Waals surface area contributed by atoms with E-state index in [1.165, 1.54) is 11.3 Å². The molecule has 0 radical (unpaired) electrons. The molecule has 2 aromatic carbocycles. The molecule has 26 heavy (non-hydrogen) atoms. The first-order valence-electron chi connectivity index (χ1n) is 8.76. The number of fused-ring (bicyclic) bond motifs is 1. The fourth-order valence-electron chi connectivity index (χ4n) is 3.49. The van der Waals surface area contributed by atoms with Crippen LogP contribution in [-0.4, -0.2) is 27.1 Å². The maximum Gasteiger partial charge on any atom is 0.219 e. The lowest BCUT2D eigenvalue weighted by molar-refractivity contribution is -0.129. The molecule has 5 heteroatoms. The van der Waals surface area contributed by atoms with Crippen LogP contribution in [0.3, 0.4) is 0 Å². The molecule has 0 saturated heterocycles. The summed E-state index contributed by atoms with van der Waals surface area (Å²) in [4.78, 5) is 13.8. The molecular weight excluding hydrogens is 346 g/mol. The van der Waals surface area contributed by atoms with E-state index in [-0.39, 0.29) is 5.91 Å². The number of nitrogens with zero attached hydrogens (tertiary/aromatic N) is 3. The van der Waals surface area contributed by atoms with E-state index in [9.17, 15) is 4.79 Å². The Kier molecular flexibility index (Phi) is 4.51. The molecule has 0 spiro atoms. The molecule has 1 aliphatic rings. The molecule has 0 fully saturated rings. The second-order valence-electron chi connectivity index (χ2n) is 6.61. The molecule has 1 amide bonds. The van der Waals surface area contributed by atoms with E-state index >= 15 is 0 Å². The zero-order valence-electron chi connectivity index (χ0n) is 14.7. The van der Waals surface area contributed by atoms with Crippen molar-refractivity contribution in [2.75, 3.05) is 6.54 Å². The number of benzene rings is 2. The molecule has 0 unspecified atom stereocenters. The normalized spacial score (nSPS) is 13.5. The predicted octanol–water partition coefficient (Wildman–Crippen LogP) is 4.16. The van der Waals surface area contributed by atoms with Gasteiger partial charge < -0.3 is 4.90 Å². The van der Waals surface area contributed by atoms with Crippen LogP contribution >= 0.6 is 11.6 Å². The van der Waals surface area contributed by atoms with Crippen LogP contribution in [0.25, 0.3) is 11.3 Å². The number of aromatic nitrogens is 2. The Morgan fingerprint density at radius 3 is 2.54 bits per heavy atom. The van der Waals surface area contributed by atoms with Gasteiger partial charge in [0, 0.05) is 48.3 Å². The third-order valence-corrected chi connectivity index (χ3v) is 5.12. The topological polar surface area (TPSA) is 38.1 Å². The standard InChI is InChI=1S/C21H20ClN3O/c1-15(26)24-12-11-20-19(14-24)21(17-7-9-18(22)10-8-17)23-25(20)13-16-5-3-2-4-6-16/h2-10H,11-14H2,1H3. The van der Waals surface area contributed by atoms with E-state index in [0.29, 0.717) is 11.6 Å². The summed E-state index contributed by atoms with van der Waals surface area (Å²) >= 11 is 6.04. The van der Waals surface area contributed by atoms with Crippen molar-refractivity contribution in [1.29, 1.82) is 0 Å². The molecule has 1 aliphatic heterocycles. The highest BCUT2D eigenvalue weighted by Gasteiger charge is 2.26. The van der Waals surface area contributed by atoms with Gasteiger partial charge in [-0.25, -0.2) is 0 Å². The highest BCUT2D eigenvalue weighted by molar-refractivity contribution is 6.30. The highest BCUT2D eigenvalue weighted by atomic mass is 35.5. The van der Waals surface area contributed by atoms with Crippen molar-refractivity contribution in [3.8, 4) is 11.3 Å². The molecule has 0 bridgehead atoms. The van der Waals surface area contributed by atoms with Gasteiger partial charge in [0.2, 0.25) is 5.91 Å². The summed E-state index contributed by atoms with van der Waals surface area (Å²) in [5, 5.41) is 5.62. The lowest BCUT2D eigenvalue weighted by atomic mass is 10.0. The fraction of sp³-hybridized carbons (Fsp3) is 0.238. The zero-order valence-corrected chi connectivity index (χ0v) is 15.4. The number of halogens is 1. The molecule has 132 valence electrons. The number of carbonyl (C=O) groups is 1. The fourth-order valence-corrected chi connectivity index (χ4v) is 3.61. The first-order valence-corrected chi connectivity index (χ1v) is 9.13. The Bertz CT molecular complexity index is 932. The summed E-state index contributed by atoms with van der Waals surface area (Å²) in [5.74, 6) is 0.105. The highest BCUT2D eigenvalue weighted by Crippen LogP contribution is 2.31. The summed E-state index contributed by atoms with van der Waals surface area (Å²) in [6.45, 7) is 3.71. The second-order valence-corrected chi connectivity index (χ2v) is 7.05. The van der Waals surface area contributed by atoms with Gasteiger partial charge in [0.15, 0.2) is 0 Å². The summed E-state index contributed by atoms with van der Waals surface area (Å²) in [6, 6.07) is 18.1. The molecule has 0 saturated carbocycles. The summed E-state index contributed by atoms with van der Waals surface area (Å²) in [6.07, 6.45) is 0.822. The van der Waals surface area contributed by atoms with Crippen LogP contribution in [0.15, 0.2) is 54.6 Å². The molecule has 3 aromatic rings. The monoisotopic (exact) mass is 365 g/mol. The summed E-state index contributed by atoms with van der Waals surface area (Å²) in [7, 11) is 0. The minimum atomic E-state index is 0.105. The Morgan fingerprint density at radius 1 is 1.12 bits per heavy atom. The largest absolute Gasteiger partial charge is 0.338 e. The molecule has 4 rings (SSSR count). The predicted molar refractivity (Wildman–Crippen MR) is 103 cm³/mol. The third kappa shape index (κ3) is 3.25. The molecule has 4 nitrogen and oxygen atoms in total. The molecule has 0 aliphatic carbocycles. The van der Waals surface area contributed by atoms with Gasteiger partial charge in [-0.3, -0.25) is 9.48 Å². The number of carbonyl (C=O) groups excluding carboxylic acids is 1. The Balaban J connectivity index is 1.78. The van der Waals surface area contributed by atoms with Gasteiger partial charge in [-0.15, -0.1) is 0 Å². The van der Waals surface area contributed by atoms with Crippen molar-refractivity contribution in [3.05, 3.63) is 76.4 Å². The Labute approximate surface area is 158 Å². The molecule has 0 atom stereocenters. The van der Waals surface area contributed by atoms with Crippen LogP contribution in [0.1, 0.15) is 23.7 Å². The number of hydrogen-bond acceptors (Lipinski definition) is 2. The van der Waals surface area contributed by atoms with Crippen molar-refractivity contribution < 1.29 is 4.79 Å². The maximum absolute atomic E-state index is 11.9. The quantitative estimate of drug-likeness (QED) is 0.699. The molecule has 2 heterocycles. The number of amides is 1. The van der Waals surface area contributed by atoms with E-state index in [0.717, 1.165) is 36.3 Å². The first kappa shape index (κ1) is 16.9. The van der Waals surface area contributed by atoms with Crippen LogP contribution in [0.2, 0.25) is 5.02 Å². The minimum Gasteiger partial charge on any atom is -0.338 e. The molecular formula is C21H20ClN3O. The van der Waals surface area contributed by atoms with Crippen LogP contribution in [0.4, 0.5) is 0 Å². The average Bonchev–Trinajstić information content (AvgIpc) is 3.01. The van der Waals surface area contributed by atoms with Gasteiger partial charge in [-0.05, 0) is 17.7 Å². The van der Waals surface area contributed by atoms with Gasteiger partial charge in [0.1, 0.15) is 0 Å². The number of rotatable bonds is 3. The van der Waals surface area contributed by atoms with E-state index in [1.54, 1.807) is 6.92 Å². The molecule has 0 N–H and O–H groups in total. The van der Waals surface area contributed by atoms with Crippen LogP contribution < -0.4 is 0 Å². The van der Waals surface area contributed by atoms with Crippen molar-refractivity contribution in [2.24, 2.45) is 0 Å². The van der Waals surface area contributed by atoms with Crippen LogP contribution in [-0.2, 0) is 24.3 Å². The van der Waals surface area contributed by atoms with Gasteiger partial charge in [-0.1, -0.05) is 54.1 Å². The first-order chi connectivity index (χ1) is 12.6. The van der Waals surface area contributed by atoms with Crippen LogP contribution in [0.5, 0.6) is 0 Å². The van der Waals surface area contributed by atoms with Gasteiger partial charge in [0.05, 0.1) is 12.2 Å². The minimum absolute atomic E-state index is 0.105. The van der Waals surface area contributed by atoms with Crippen molar-refractivity contribution in [2.45, 2.75) is 26.4 Å². The van der Waals surface area contributed by atoms with E-state index in [2.05, 4.69) is 16.8 Å². The Hall–Kier alpha value is -2.59. The third-order valence-electron chi connectivity index (χ3n) is 4.87. The van der Waals surface area contributed by atoms with Crippen molar-refractivity contribution >= 4 is 17.5 Å². The zero-order chi connectivity index (χ0) is 18.1. The summed E-state index contributed by atoms with van der Waals surface area (Å²) < 4.78 is 2.09.